The zero-order chi connectivity index (χ0) is 16.5. The first kappa shape index (κ1) is 18.6. The van der Waals surface area contributed by atoms with E-state index in [1.165, 1.54) is 16.2 Å². The molecule has 0 aromatic carbocycles. The molecule has 0 aliphatic carbocycles. The minimum Gasteiger partial charge on any atom is -0.481 e. The van der Waals surface area contributed by atoms with E-state index in [4.69, 9.17) is 5.11 Å². The van der Waals surface area contributed by atoms with Crippen molar-refractivity contribution in [1.82, 2.24) is 10.2 Å². The maximum absolute atomic E-state index is 12.1. The molecule has 0 atom stereocenters. The zero-order valence-corrected chi connectivity index (χ0v) is 14.7. The Hall–Kier alpha value is -1.41. The highest BCUT2D eigenvalue weighted by Crippen LogP contribution is 2.22. The first-order valence-corrected chi connectivity index (χ1v) is 8.50. The fourth-order valence-corrected chi connectivity index (χ4v) is 3.15. The van der Waals surface area contributed by atoms with Crippen LogP contribution >= 0.6 is 27.3 Å². The molecule has 2 N–H and O–H groups in total. The van der Waals surface area contributed by atoms with Crippen LogP contribution < -0.4 is 5.32 Å². The molecule has 122 valence electrons. The third kappa shape index (κ3) is 7.04. The average Bonchev–Trinajstić information content (AvgIpc) is 2.88. The summed E-state index contributed by atoms with van der Waals surface area (Å²) in [6.07, 6.45) is 2.25. The standard InChI is InChI=1S/C14H19BrN2O4S/c1-17(14(21)10-6-7-11(15)22-10)9-12(18)16-8-4-2-3-5-13(19)20/h6-7H,2-5,8-9H2,1H3,(H,16,18)(H,19,20). The van der Waals surface area contributed by atoms with Gasteiger partial charge in [-0.3, -0.25) is 14.4 Å². The molecule has 6 nitrogen and oxygen atoms in total. The first-order valence-electron chi connectivity index (χ1n) is 6.89. The van der Waals surface area contributed by atoms with Gasteiger partial charge < -0.3 is 15.3 Å². The van der Waals surface area contributed by atoms with Crippen LogP contribution in [0.3, 0.4) is 0 Å². The highest BCUT2D eigenvalue weighted by molar-refractivity contribution is 9.11. The predicted octanol–water partition coefficient (Wildman–Crippen LogP) is 2.34. The summed E-state index contributed by atoms with van der Waals surface area (Å²) in [5.74, 6) is -1.21. The van der Waals surface area contributed by atoms with Crippen LogP contribution in [0.2, 0.25) is 0 Å². The second kappa shape index (κ2) is 9.58. The number of nitrogens with one attached hydrogen (secondary N) is 1. The quantitative estimate of drug-likeness (QED) is 0.633. The summed E-state index contributed by atoms with van der Waals surface area (Å²) < 4.78 is 0.870. The van der Waals surface area contributed by atoms with Gasteiger partial charge in [-0.2, -0.15) is 0 Å². The summed E-state index contributed by atoms with van der Waals surface area (Å²) in [4.78, 5) is 36.1. The SMILES string of the molecule is CN(CC(=O)NCCCCCC(=O)O)C(=O)c1ccc(Br)s1. The molecule has 1 heterocycles. The molecule has 8 heteroatoms. The lowest BCUT2D eigenvalue weighted by molar-refractivity contribution is -0.137. The number of carbonyl (C=O) groups excluding carboxylic acids is 2. The van der Waals surface area contributed by atoms with E-state index >= 15 is 0 Å². The molecular weight excluding hydrogens is 372 g/mol. The maximum atomic E-state index is 12.1. The third-order valence-corrected chi connectivity index (χ3v) is 4.51. The average molecular weight is 391 g/mol. The highest BCUT2D eigenvalue weighted by atomic mass is 79.9. The number of carbonyl (C=O) groups is 3. The number of thiophene rings is 1. The van der Waals surface area contributed by atoms with Gasteiger partial charge in [0.25, 0.3) is 5.91 Å². The van der Waals surface area contributed by atoms with E-state index in [2.05, 4.69) is 21.2 Å². The second-order valence-corrected chi connectivity index (χ2v) is 7.28. The third-order valence-electron chi connectivity index (χ3n) is 2.90. The molecule has 1 aromatic rings. The van der Waals surface area contributed by atoms with Crippen molar-refractivity contribution in [2.45, 2.75) is 25.7 Å². The first-order chi connectivity index (χ1) is 10.4. The van der Waals surface area contributed by atoms with Crippen LogP contribution in [0.4, 0.5) is 0 Å². The number of nitrogens with zero attached hydrogens (tertiary/aromatic N) is 1. The molecule has 0 unspecified atom stereocenters. The topological polar surface area (TPSA) is 86.7 Å². The van der Waals surface area contributed by atoms with Gasteiger partial charge in [-0.1, -0.05) is 6.42 Å². The van der Waals surface area contributed by atoms with Gasteiger partial charge >= 0.3 is 5.97 Å². The number of carboxylic acids is 1. The van der Waals surface area contributed by atoms with Crippen LogP contribution in [-0.2, 0) is 9.59 Å². The molecule has 0 saturated heterocycles. The summed E-state index contributed by atoms with van der Waals surface area (Å²) in [5.41, 5.74) is 0. The molecule has 0 spiro atoms. The highest BCUT2D eigenvalue weighted by Gasteiger charge is 2.16. The Bertz CT molecular complexity index is 533. The van der Waals surface area contributed by atoms with Gasteiger partial charge in [0.2, 0.25) is 5.91 Å². The van der Waals surface area contributed by atoms with Gasteiger partial charge in [-0.15, -0.1) is 11.3 Å². The molecule has 0 radical (unpaired) electrons. The molecule has 0 saturated carbocycles. The van der Waals surface area contributed by atoms with Crippen LogP contribution in [-0.4, -0.2) is 47.9 Å². The largest absolute Gasteiger partial charge is 0.481 e. The summed E-state index contributed by atoms with van der Waals surface area (Å²) >= 11 is 4.62. The Morgan fingerprint density at radius 1 is 1.27 bits per heavy atom. The fraction of sp³-hybridized carbons (Fsp3) is 0.500. The zero-order valence-electron chi connectivity index (χ0n) is 12.3. The van der Waals surface area contributed by atoms with Crippen molar-refractivity contribution in [3.63, 3.8) is 0 Å². The van der Waals surface area contributed by atoms with E-state index in [0.717, 1.165) is 16.6 Å². The monoisotopic (exact) mass is 390 g/mol. The Balaban J connectivity index is 2.21. The van der Waals surface area contributed by atoms with E-state index in [0.29, 0.717) is 17.8 Å². The van der Waals surface area contributed by atoms with Crippen LogP contribution in [0.5, 0.6) is 0 Å². The van der Waals surface area contributed by atoms with Crippen molar-refractivity contribution in [1.29, 1.82) is 0 Å². The Kier molecular flexibility index (Phi) is 8.11. The van der Waals surface area contributed by atoms with Gasteiger partial charge in [-0.25, -0.2) is 0 Å². The molecular formula is C14H19BrN2O4S. The minimum absolute atomic E-state index is 0.00345. The number of unbranched alkanes of at least 4 members (excludes halogenated alkanes) is 2. The van der Waals surface area contributed by atoms with E-state index in [1.807, 2.05) is 0 Å². The number of rotatable bonds is 9. The number of likely N-dealkylation sites (N-methyl/N-ethyl adjacent to an activating group) is 1. The molecule has 0 bridgehead atoms. The van der Waals surface area contributed by atoms with Crippen LogP contribution in [0.25, 0.3) is 0 Å². The smallest absolute Gasteiger partial charge is 0.303 e. The van der Waals surface area contributed by atoms with Crippen molar-refractivity contribution < 1.29 is 19.5 Å². The van der Waals surface area contributed by atoms with Crippen molar-refractivity contribution in [2.24, 2.45) is 0 Å². The molecule has 22 heavy (non-hydrogen) atoms. The van der Waals surface area contributed by atoms with Crippen molar-refractivity contribution in [3.8, 4) is 0 Å². The summed E-state index contributed by atoms with van der Waals surface area (Å²) in [7, 11) is 1.59. The van der Waals surface area contributed by atoms with Gasteiger partial charge in [0, 0.05) is 20.0 Å². The van der Waals surface area contributed by atoms with Crippen molar-refractivity contribution in [3.05, 3.63) is 20.8 Å². The Morgan fingerprint density at radius 3 is 2.59 bits per heavy atom. The van der Waals surface area contributed by atoms with E-state index in [1.54, 1.807) is 19.2 Å². The summed E-state index contributed by atoms with van der Waals surface area (Å²) in [6, 6.07) is 3.51. The van der Waals surface area contributed by atoms with E-state index in [-0.39, 0.29) is 24.8 Å². The van der Waals surface area contributed by atoms with Gasteiger partial charge in [0.15, 0.2) is 0 Å². The van der Waals surface area contributed by atoms with Crippen molar-refractivity contribution in [2.75, 3.05) is 20.1 Å². The number of hydrogen-bond acceptors (Lipinski definition) is 4. The number of halogens is 1. The normalized spacial score (nSPS) is 10.3. The molecule has 0 aliphatic rings. The molecule has 1 aromatic heterocycles. The minimum atomic E-state index is -0.801. The number of hydrogen-bond donors (Lipinski definition) is 2. The predicted molar refractivity (Wildman–Crippen MR) is 88.1 cm³/mol. The molecule has 0 aliphatic heterocycles. The van der Waals surface area contributed by atoms with Crippen LogP contribution in [0, 0.1) is 0 Å². The van der Waals surface area contributed by atoms with Gasteiger partial charge in [-0.05, 0) is 40.9 Å². The summed E-state index contributed by atoms with van der Waals surface area (Å²) in [5, 5.41) is 11.2. The number of aliphatic carboxylic acids is 1. The second-order valence-electron chi connectivity index (χ2n) is 4.82. The van der Waals surface area contributed by atoms with E-state index < -0.39 is 5.97 Å². The maximum Gasteiger partial charge on any atom is 0.303 e. The molecule has 1 rings (SSSR count). The van der Waals surface area contributed by atoms with Crippen LogP contribution in [0.15, 0.2) is 15.9 Å². The fourth-order valence-electron chi connectivity index (χ4n) is 1.77. The Morgan fingerprint density at radius 2 is 2.00 bits per heavy atom. The lowest BCUT2D eigenvalue weighted by atomic mass is 10.2. The number of amides is 2. The van der Waals surface area contributed by atoms with Gasteiger partial charge in [0.05, 0.1) is 15.2 Å². The number of carboxylic acid groups (broad SMARTS) is 1. The molecule has 0 fully saturated rings. The lowest BCUT2D eigenvalue weighted by Gasteiger charge is -2.15. The Labute approximate surface area is 141 Å². The summed E-state index contributed by atoms with van der Waals surface area (Å²) in [6.45, 7) is 0.495. The molecule has 2 amide bonds. The lowest BCUT2D eigenvalue weighted by Crippen LogP contribution is -2.38. The van der Waals surface area contributed by atoms with E-state index in [9.17, 15) is 14.4 Å². The van der Waals surface area contributed by atoms with Crippen LogP contribution in [0.1, 0.15) is 35.4 Å². The van der Waals surface area contributed by atoms with Gasteiger partial charge in [0.1, 0.15) is 0 Å². The van der Waals surface area contributed by atoms with Crippen molar-refractivity contribution >= 4 is 45.1 Å².